The lowest BCUT2D eigenvalue weighted by Gasteiger charge is -2.34. The van der Waals surface area contributed by atoms with Gasteiger partial charge in [0, 0.05) is 32.2 Å². The first-order chi connectivity index (χ1) is 16.0. The number of carbonyl (C=O) groups is 2. The fourth-order valence-electron chi connectivity index (χ4n) is 5.30. The Balaban J connectivity index is 1.14. The van der Waals surface area contributed by atoms with Gasteiger partial charge in [-0.3, -0.25) is 9.59 Å². The molecule has 2 amide bonds. The summed E-state index contributed by atoms with van der Waals surface area (Å²) >= 11 is 6.83. The lowest BCUT2D eigenvalue weighted by atomic mass is 9.75. The van der Waals surface area contributed by atoms with Crippen LogP contribution in [-0.2, 0) is 0 Å². The number of hydrogen-bond acceptors (Lipinski definition) is 2. The number of benzene rings is 2. The van der Waals surface area contributed by atoms with E-state index in [1.54, 1.807) is 0 Å². The van der Waals surface area contributed by atoms with Gasteiger partial charge in [-0.05, 0) is 118 Å². The molecule has 2 aliphatic rings. The second-order valence-electron chi connectivity index (χ2n) is 9.63. The van der Waals surface area contributed by atoms with Gasteiger partial charge in [-0.25, -0.2) is 0 Å². The van der Waals surface area contributed by atoms with Crippen LogP contribution in [0.25, 0.3) is 0 Å². The van der Waals surface area contributed by atoms with E-state index in [1.165, 1.54) is 32.1 Å². The second kappa shape index (κ2) is 11.7. The van der Waals surface area contributed by atoms with Crippen LogP contribution in [0.4, 0.5) is 0 Å². The predicted octanol–water partition coefficient (Wildman–Crippen LogP) is 6.88. The van der Waals surface area contributed by atoms with Crippen LogP contribution in [-0.4, -0.2) is 23.9 Å². The van der Waals surface area contributed by atoms with E-state index in [0.29, 0.717) is 12.1 Å². The van der Waals surface area contributed by atoms with E-state index in [4.69, 9.17) is 0 Å². The number of carbonyl (C=O) groups excluding carboxylic acids is 2. The van der Waals surface area contributed by atoms with E-state index in [1.807, 2.05) is 48.5 Å². The van der Waals surface area contributed by atoms with E-state index in [9.17, 15) is 9.59 Å². The molecule has 2 aliphatic carbocycles. The van der Waals surface area contributed by atoms with Crippen LogP contribution < -0.4 is 10.6 Å². The Morgan fingerprint density at radius 3 is 1.27 bits per heavy atom. The molecule has 2 fully saturated rings. The van der Waals surface area contributed by atoms with Crippen molar-refractivity contribution in [3.05, 3.63) is 68.6 Å². The maximum atomic E-state index is 12.5. The molecule has 0 radical (unpaired) electrons. The molecule has 2 saturated carbocycles. The standard InChI is InChI=1S/C27H32Br2N2O2/c28-22-9-5-20(6-10-22)26(32)30-24-13-1-18(2-14-24)17-19-3-15-25(16-4-19)31-27(33)21-7-11-23(29)12-8-21/h5-12,18-19,24-25H,1-4,13-17H2,(H,30,32)(H,31,33). The number of halogens is 2. The molecule has 0 spiro atoms. The lowest BCUT2D eigenvalue weighted by Crippen LogP contribution is -2.39. The van der Waals surface area contributed by atoms with E-state index in [-0.39, 0.29) is 11.8 Å². The number of nitrogens with one attached hydrogen (secondary N) is 2. The molecule has 0 bridgehead atoms. The first-order valence-electron chi connectivity index (χ1n) is 12.1. The molecule has 0 aromatic heterocycles. The molecule has 2 aromatic carbocycles. The summed E-state index contributed by atoms with van der Waals surface area (Å²) < 4.78 is 1.97. The topological polar surface area (TPSA) is 58.2 Å². The van der Waals surface area contributed by atoms with Crippen molar-refractivity contribution in [3.8, 4) is 0 Å². The third kappa shape index (κ3) is 7.16. The normalized spacial score (nSPS) is 25.3. The summed E-state index contributed by atoms with van der Waals surface area (Å²) in [5.74, 6) is 1.61. The van der Waals surface area contributed by atoms with E-state index in [0.717, 1.165) is 57.6 Å². The fourth-order valence-corrected chi connectivity index (χ4v) is 5.83. The van der Waals surface area contributed by atoms with Crippen LogP contribution in [0.3, 0.4) is 0 Å². The van der Waals surface area contributed by atoms with Crippen LogP contribution in [0.5, 0.6) is 0 Å². The largest absolute Gasteiger partial charge is 0.349 e. The summed E-state index contributed by atoms with van der Waals surface area (Å²) in [6.07, 6.45) is 10.4. The monoisotopic (exact) mass is 574 g/mol. The molecular formula is C27H32Br2N2O2. The van der Waals surface area contributed by atoms with Crippen molar-refractivity contribution in [3.63, 3.8) is 0 Å². The minimum Gasteiger partial charge on any atom is -0.349 e. The molecule has 0 unspecified atom stereocenters. The Morgan fingerprint density at radius 1 is 0.606 bits per heavy atom. The van der Waals surface area contributed by atoms with Gasteiger partial charge < -0.3 is 10.6 Å². The van der Waals surface area contributed by atoms with Gasteiger partial charge in [-0.15, -0.1) is 0 Å². The van der Waals surface area contributed by atoms with Crippen LogP contribution >= 0.6 is 31.9 Å². The Labute approximate surface area is 213 Å². The van der Waals surface area contributed by atoms with E-state index >= 15 is 0 Å². The molecule has 2 N–H and O–H groups in total. The molecule has 6 heteroatoms. The highest BCUT2D eigenvalue weighted by molar-refractivity contribution is 9.10. The van der Waals surface area contributed by atoms with Gasteiger partial charge in [0.1, 0.15) is 0 Å². The van der Waals surface area contributed by atoms with Crippen molar-refractivity contribution in [2.75, 3.05) is 0 Å². The van der Waals surface area contributed by atoms with Gasteiger partial charge in [0.25, 0.3) is 11.8 Å². The highest BCUT2D eigenvalue weighted by Crippen LogP contribution is 2.35. The highest BCUT2D eigenvalue weighted by atomic mass is 79.9. The van der Waals surface area contributed by atoms with Gasteiger partial charge in [0.2, 0.25) is 0 Å². The first kappa shape index (κ1) is 24.5. The third-order valence-corrected chi connectivity index (χ3v) is 8.30. The zero-order valence-corrected chi connectivity index (χ0v) is 22.0. The molecule has 4 nitrogen and oxygen atoms in total. The van der Waals surface area contributed by atoms with Gasteiger partial charge in [0.05, 0.1) is 0 Å². The van der Waals surface area contributed by atoms with E-state index < -0.39 is 0 Å². The number of amides is 2. The molecule has 4 rings (SSSR count). The Bertz CT molecular complexity index is 852. The quantitative estimate of drug-likeness (QED) is 0.394. The van der Waals surface area contributed by atoms with Crippen molar-refractivity contribution in [1.82, 2.24) is 10.6 Å². The van der Waals surface area contributed by atoms with Crippen molar-refractivity contribution < 1.29 is 9.59 Å². The maximum Gasteiger partial charge on any atom is 0.251 e. The molecular weight excluding hydrogens is 544 g/mol. The molecule has 0 atom stereocenters. The van der Waals surface area contributed by atoms with Crippen molar-refractivity contribution in [2.45, 2.75) is 69.9 Å². The summed E-state index contributed by atoms with van der Waals surface area (Å²) in [4.78, 5) is 25.0. The summed E-state index contributed by atoms with van der Waals surface area (Å²) in [5.41, 5.74) is 1.45. The Morgan fingerprint density at radius 2 is 0.939 bits per heavy atom. The molecule has 0 heterocycles. The predicted molar refractivity (Wildman–Crippen MR) is 139 cm³/mol. The summed E-state index contributed by atoms with van der Waals surface area (Å²) in [6.45, 7) is 0. The summed E-state index contributed by atoms with van der Waals surface area (Å²) in [7, 11) is 0. The number of hydrogen-bond donors (Lipinski definition) is 2. The van der Waals surface area contributed by atoms with Gasteiger partial charge >= 0.3 is 0 Å². The van der Waals surface area contributed by atoms with Crippen LogP contribution in [0.2, 0.25) is 0 Å². The molecule has 176 valence electrons. The highest BCUT2D eigenvalue weighted by Gasteiger charge is 2.28. The van der Waals surface area contributed by atoms with Gasteiger partial charge in [0.15, 0.2) is 0 Å². The third-order valence-electron chi connectivity index (χ3n) is 7.24. The maximum absolute atomic E-state index is 12.5. The molecule has 2 aromatic rings. The zero-order valence-electron chi connectivity index (χ0n) is 18.9. The average molecular weight is 576 g/mol. The van der Waals surface area contributed by atoms with Crippen LogP contribution in [0.1, 0.15) is 78.5 Å². The smallest absolute Gasteiger partial charge is 0.251 e. The lowest BCUT2D eigenvalue weighted by molar-refractivity contribution is 0.0917. The zero-order chi connectivity index (χ0) is 23.2. The van der Waals surface area contributed by atoms with Crippen LogP contribution in [0.15, 0.2) is 57.5 Å². The van der Waals surface area contributed by atoms with Gasteiger partial charge in [-0.2, -0.15) is 0 Å². The van der Waals surface area contributed by atoms with E-state index in [2.05, 4.69) is 42.5 Å². The Hall–Kier alpha value is -1.66. The second-order valence-corrected chi connectivity index (χ2v) is 11.5. The Kier molecular flexibility index (Phi) is 8.64. The summed E-state index contributed by atoms with van der Waals surface area (Å²) in [5, 5.41) is 6.44. The van der Waals surface area contributed by atoms with Crippen molar-refractivity contribution in [1.29, 1.82) is 0 Å². The number of rotatable bonds is 6. The molecule has 0 aliphatic heterocycles. The fraction of sp³-hybridized carbons (Fsp3) is 0.481. The summed E-state index contributed by atoms with van der Waals surface area (Å²) in [6, 6.07) is 15.7. The minimum absolute atomic E-state index is 0.0365. The molecule has 0 saturated heterocycles. The first-order valence-corrected chi connectivity index (χ1v) is 13.7. The molecule has 33 heavy (non-hydrogen) atoms. The van der Waals surface area contributed by atoms with Gasteiger partial charge in [-0.1, -0.05) is 31.9 Å². The van der Waals surface area contributed by atoms with Crippen molar-refractivity contribution >= 4 is 43.7 Å². The minimum atomic E-state index is 0.0365. The average Bonchev–Trinajstić information content (AvgIpc) is 2.82. The SMILES string of the molecule is O=C(NC1CCC(CC2CCC(NC(=O)c3ccc(Br)cc3)CC2)CC1)c1ccc(Br)cc1. The van der Waals surface area contributed by atoms with Crippen LogP contribution in [0, 0.1) is 11.8 Å². The van der Waals surface area contributed by atoms with Crippen molar-refractivity contribution in [2.24, 2.45) is 11.8 Å².